The Morgan fingerprint density at radius 1 is 1.45 bits per heavy atom. The van der Waals surface area contributed by atoms with Crippen molar-refractivity contribution in [2.45, 2.75) is 19.8 Å². The van der Waals surface area contributed by atoms with Gasteiger partial charge in [-0.15, -0.1) is 11.8 Å². The van der Waals surface area contributed by atoms with Crippen molar-refractivity contribution < 1.29 is 0 Å². The maximum absolute atomic E-state index is 2.25. The zero-order chi connectivity index (χ0) is 7.68. The number of hydrogen-bond donors (Lipinski definition) is 0. The third-order valence-corrected chi connectivity index (χ3v) is 3.04. The highest BCUT2D eigenvalue weighted by Crippen LogP contribution is 2.46. The van der Waals surface area contributed by atoms with Crippen molar-refractivity contribution in [3.63, 3.8) is 0 Å². The standard InChI is InChI=1S/C10H11S/c1-2-4-10-9-6-3-5-8(9)7-11-10/h3,5-7H,2,4H2,1H3. The Labute approximate surface area is 72.1 Å². The van der Waals surface area contributed by atoms with Crippen LogP contribution in [-0.2, 0) is 0 Å². The summed E-state index contributed by atoms with van der Waals surface area (Å²) in [6.07, 6.45) is 9.03. The van der Waals surface area contributed by atoms with Gasteiger partial charge in [0.05, 0.1) is 5.25 Å². The lowest BCUT2D eigenvalue weighted by Gasteiger charge is -2.07. The van der Waals surface area contributed by atoms with E-state index in [1.54, 1.807) is 5.25 Å². The lowest BCUT2D eigenvalue weighted by Crippen LogP contribution is -1.89. The molecular weight excluding hydrogens is 152 g/mol. The molecule has 0 saturated carbocycles. The molecule has 0 N–H and O–H groups in total. The molecule has 1 aliphatic heterocycles. The zero-order valence-electron chi connectivity index (χ0n) is 6.63. The molecule has 0 fully saturated rings. The van der Waals surface area contributed by atoms with Gasteiger partial charge in [0.15, 0.2) is 0 Å². The van der Waals surface area contributed by atoms with Gasteiger partial charge in [-0.3, -0.25) is 0 Å². The molecule has 0 nitrogen and oxygen atoms in total. The van der Waals surface area contributed by atoms with Gasteiger partial charge in [0.25, 0.3) is 0 Å². The molecule has 0 amide bonds. The van der Waals surface area contributed by atoms with Crippen LogP contribution < -0.4 is 0 Å². The molecule has 0 unspecified atom stereocenters. The van der Waals surface area contributed by atoms with E-state index >= 15 is 0 Å². The first-order valence-corrected chi connectivity index (χ1v) is 4.91. The monoisotopic (exact) mass is 163 g/mol. The summed E-state index contributed by atoms with van der Waals surface area (Å²) in [7, 11) is 0. The van der Waals surface area contributed by atoms with Crippen molar-refractivity contribution >= 4 is 11.8 Å². The van der Waals surface area contributed by atoms with E-state index in [0.717, 1.165) is 0 Å². The Morgan fingerprint density at radius 3 is 3.18 bits per heavy atom. The molecule has 57 valence electrons. The molecule has 0 bridgehead atoms. The van der Waals surface area contributed by atoms with Crippen LogP contribution in [0.2, 0.25) is 0 Å². The summed E-state index contributed by atoms with van der Waals surface area (Å²) in [6, 6.07) is 0. The van der Waals surface area contributed by atoms with Crippen molar-refractivity contribution in [3.8, 4) is 0 Å². The molecule has 11 heavy (non-hydrogen) atoms. The van der Waals surface area contributed by atoms with Crippen LogP contribution in [0.15, 0.2) is 34.8 Å². The summed E-state index contributed by atoms with van der Waals surface area (Å²) < 4.78 is 0. The van der Waals surface area contributed by atoms with E-state index in [0.29, 0.717) is 0 Å². The first kappa shape index (κ1) is 7.23. The molecule has 1 radical (unpaired) electrons. The van der Waals surface area contributed by atoms with Crippen molar-refractivity contribution in [2.24, 2.45) is 0 Å². The van der Waals surface area contributed by atoms with Crippen LogP contribution in [0.1, 0.15) is 19.8 Å². The molecule has 0 spiro atoms. The van der Waals surface area contributed by atoms with Crippen LogP contribution in [0.3, 0.4) is 0 Å². The topological polar surface area (TPSA) is 0 Å². The van der Waals surface area contributed by atoms with Gasteiger partial charge < -0.3 is 0 Å². The van der Waals surface area contributed by atoms with E-state index in [-0.39, 0.29) is 0 Å². The average molecular weight is 163 g/mol. The second-order valence-electron chi connectivity index (χ2n) is 2.80. The number of allylic oxidation sites excluding steroid dienone is 4. The van der Waals surface area contributed by atoms with Crippen molar-refractivity contribution in [2.75, 3.05) is 0 Å². The van der Waals surface area contributed by atoms with Gasteiger partial charge in [0, 0.05) is 0 Å². The Hall–Kier alpha value is -0.430. The summed E-state index contributed by atoms with van der Waals surface area (Å²) in [6.45, 7) is 2.23. The quantitative estimate of drug-likeness (QED) is 0.601. The fraction of sp³-hybridized carbons (Fsp3) is 0.300. The van der Waals surface area contributed by atoms with Gasteiger partial charge in [0.1, 0.15) is 0 Å². The Kier molecular flexibility index (Phi) is 1.91. The van der Waals surface area contributed by atoms with Gasteiger partial charge >= 0.3 is 0 Å². The lowest BCUT2D eigenvalue weighted by atomic mass is 10.1. The molecule has 0 atom stereocenters. The normalized spacial score (nSPS) is 21.9. The van der Waals surface area contributed by atoms with Crippen molar-refractivity contribution in [1.29, 1.82) is 0 Å². The summed E-state index contributed by atoms with van der Waals surface area (Å²) in [5, 5.41) is 3.80. The first-order chi connectivity index (χ1) is 5.42. The SMILES string of the molecule is CCC[C]1SC=C2C=CC=C12. The van der Waals surface area contributed by atoms with Crippen LogP contribution >= 0.6 is 11.8 Å². The highest BCUT2D eigenvalue weighted by Gasteiger charge is 2.23. The molecule has 0 saturated heterocycles. The highest BCUT2D eigenvalue weighted by atomic mass is 32.2. The second-order valence-corrected chi connectivity index (χ2v) is 3.77. The van der Waals surface area contributed by atoms with Crippen LogP contribution in [0.25, 0.3) is 0 Å². The zero-order valence-corrected chi connectivity index (χ0v) is 7.45. The van der Waals surface area contributed by atoms with E-state index in [9.17, 15) is 0 Å². The Bertz CT molecular complexity index is 246. The van der Waals surface area contributed by atoms with Crippen molar-refractivity contribution in [3.05, 3.63) is 40.0 Å². The average Bonchev–Trinajstić information content (AvgIpc) is 2.53. The minimum Gasteiger partial charge on any atom is -0.120 e. The molecule has 1 aliphatic carbocycles. The molecular formula is C10H11S. The van der Waals surface area contributed by atoms with E-state index in [1.807, 2.05) is 11.8 Å². The molecule has 0 aromatic carbocycles. The highest BCUT2D eigenvalue weighted by molar-refractivity contribution is 8.05. The largest absolute Gasteiger partial charge is 0.120 e. The van der Waals surface area contributed by atoms with Crippen LogP contribution in [-0.4, -0.2) is 0 Å². The Balaban J connectivity index is 2.12. The first-order valence-electron chi connectivity index (χ1n) is 4.03. The number of thioether (sulfide) groups is 1. The minimum absolute atomic E-state index is 1.23. The summed E-state index contributed by atoms with van der Waals surface area (Å²) in [5.41, 5.74) is 2.88. The smallest absolute Gasteiger partial charge is 0.0646 e. The summed E-state index contributed by atoms with van der Waals surface area (Å²) in [5.74, 6) is 0. The van der Waals surface area contributed by atoms with Gasteiger partial charge in [-0.05, 0) is 23.0 Å². The number of rotatable bonds is 2. The predicted molar refractivity (Wildman–Crippen MR) is 51.0 cm³/mol. The lowest BCUT2D eigenvalue weighted by molar-refractivity contribution is 0.897. The molecule has 2 rings (SSSR count). The molecule has 1 heterocycles. The molecule has 0 aromatic heterocycles. The van der Waals surface area contributed by atoms with Gasteiger partial charge in [-0.1, -0.05) is 31.6 Å². The van der Waals surface area contributed by atoms with Crippen LogP contribution in [0.5, 0.6) is 0 Å². The van der Waals surface area contributed by atoms with E-state index in [2.05, 4.69) is 30.6 Å². The van der Waals surface area contributed by atoms with Crippen LogP contribution in [0.4, 0.5) is 0 Å². The molecule has 0 aromatic rings. The van der Waals surface area contributed by atoms with E-state index < -0.39 is 0 Å². The van der Waals surface area contributed by atoms with Gasteiger partial charge in [-0.25, -0.2) is 0 Å². The van der Waals surface area contributed by atoms with Gasteiger partial charge in [0.2, 0.25) is 0 Å². The van der Waals surface area contributed by atoms with E-state index in [4.69, 9.17) is 0 Å². The minimum atomic E-state index is 1.23. The third kappa shape index (κ3) is 1.18. The summed E-state index contributed by atoms with van der Waals surface area (Å²) in [4.78, 5) is 0. The van der Waals surface area contributed by atoms with Gasteiger partial charge in [-0.2, -0.15) is 0 Å². The van der Waals surface area contributed by atoms with Crippen molar-refractivity contribution in [1.82, 2.24) is 0 Å². The number of fused-ring (bicyclic) bond motifs is 1. The predicted octanol–water partition coefficient (Wildman–Crippen LogP) is 3.45. The van der Waals surface area contributed by atoms with Crippen LogP contribution in [0, 0.1) is 5.25 Å². The maximum Gasteiger partial charge on any atom is 0.0646 e. The van der Waals surface area contributed by atoms with E-state index in [1.165, 1.54) is 24.0 Å². The second kappa shape index (κ2) is 2.90. The maximum atomic E-state index is 2.25. The number of hydrogen-bond acceptors (Lipinski definition) is 1. The fourth-order valence-corrected chi connectivity index (χ4v) is 2.52. The molecule has 2 aliphatic rings. The fourth-order valence-electron chi connectivity index (χ4n) is 1.41. The third-order valence-electron chi connectivity index (χ3n) is 1.96. The summed E-state index contributed by atoms with van der Waals surface area (Å²) >= 11 is 1.89. The molecule has 1 heteroatoms. The Morgan fingerprint density at radius 2 is 2.36 bits per heavy atom.